The molecule has 4 rings (SSSR count). The third-order valence-electron chi connectivity index (χ3n) is 5.59. The molecule has 0 aliphatic carbocycles. The smallest absolute Gasteiger partial charge is 0.311 e. The molecule has 0 unspecified atom stereocenters. The average Bonchev–Trinajstić information content (AvgIpc) is 3.17. The largest absolute Gasteiger partial charge is 0.328 e. The molecule has 3 saturated heterocycles. The third kappa shape index (κ3) is 1.92. The van der Waals surface area contributed by atoms with Gasteiger partial charge in [-0.05, 0) is 45.2 Å². The van der Waals surface area contributed by atoms with E-state index in [9.17, 15) is 14.4 Å². The molecular weight excluding hydrogens is 306 g/mol. The van der Waals surface area contributed by atoms with E-state index in [1.165, 1.54) is 4.90 Å². The van der Waals surface area contributed by atoms with E-state index in [-0.39, 0.29) is 17.8 Å². The quantitative estimate of drug-likeness (QED) is 0.780. The molecule has 1 aromatic carbocycles. The van der Waals surface area contributed by atoms with Crippen LogP contribution in [-0.2, 0) is 9.59 Å². The summed E-state index contributed by atoms with van der Waals surface area (Å²) >= 11 is 0. The van der Waals surface area contributed by atoms with Crippen LogP contribution in [0.3, 0.4) is 0 Å². The molecule has 0 aromatic heterocycles. The van der Waals surface area contributed by atoms with E-state index in [0.29, 0.717) is 25.9 Å². The first-order chi connectivity index (χ1) is 11.4. The number of fused-ring (bicyclic) bond motifs is 1. The lowest BCUT2D eigenvalue weighted by molar-refractivity contribution is -0.136. The Labute approximate surface area is 141 Å². The zero-order valence-corrected chi connectivity index (χ0v) is 14.0. The summed E-state index contributed by atoms with van der Waals surface area (Å²) in [6, 6.07) is 6.75. The van der Waals surface area contributed by atoms with Crippen molar-refractivity contribution in [3.63, 3.8) is 0 Å². The number of hydrogen-bond donors (Lipinski definition) is 0. The Balaban J connectivity index is 1.60. The molecule has 1 aromatic rings. The van der Waals surface area contributed by atoms with Crippen molar-refractivity contribution in [3.8, 4) is 0 Å². The third-order valence-corrected chi connectivity index (χ3v) is 5.59. The molecule has 0 spiro atoms. The van der Waals surface area contributed by atoms with Crippen molar-refractivity contribution in [2.24, 2.45) is 0 Å². The Morgan fingerprint density at radius 2 is 1.79 bits per heavy atom. The number of hydrogen-bond acceptors (Lipinski definition) is 3. The van der Waals surface area contributed by atoms with Gasteiger partial charge in [0.05, 0.1) is 0 Å². The van der Waals surface area contributed by atoms with Crippen LogP contribution in [0.5, 0.6) is 0 Å². The molecule has 126 valence electrons. The van der Waals surface area contributed by atoms with E-state index in [1.807, 2.05) is 38.1 Å². The summed E-state index contributed by atoms with van der Waals surface area (Å²) in [7, 11) is 0. The first-order valence-electron chi connectivity index (χ1n) is 8.47. The van der Waals surface area contributed by atoms with Gasteiger partial charge in [-0.2, -0.15) is 0 Å². The van der Waals surface area contributed by atoms with E-state index in [2.05, 4.69) is 0 Å². The highest BCUT2D eigenvalue weighted by atomic mass is 16.2. The summed E-state index contributed by atoms with van der Waals surface area (Å²) in [5.41, 5.74) is 1.19. The summed E-state index contributed by atoms with van der Waals surface area (Å²) in [5, 5.41) is 0. The monoisotopic (exact) mass is 327 g/mol. The van der Waals surface area contributed by atoms with Crippen LogP contribution in [0.25, 0.3) is 0 Å². The van der Waals surface area contributed by atoms with Gasteiger partial charge >= 0.3 is 6.03 Å². The fourth-order valence-electron chi connectivity index (χ4n) is 4.13. The van der Waals surface area contributed by atoms with Gasteiger partial charge in [0.2, 0.25) is 5.91 Å². The lowest BCUT2D eigenvalue weighted by atomic mass is 9.99. The average molecular weight is 327 g/mol. The second kappa shape index (κ2) is 5.06. The molecule has 3 fully saturated rings. The number of imide groups is 1. The predicted molar refractivity (Wildman–Crippen MR) is 88.5 cm³/mol. The summed E-state index contributed by atoms with van der Waals surface area (Å²) in [6.07, 6.45) is 2.01. The molecule has 24 heavy (non-hydrogen) atoms. The second-order valence-corrected chi connectivity index (χ2v) is 7.12. The minimum Gasteiger partial charge on any atom is -0.311 e. The van der Waals surface area contributed by atoms with Gasteiger partial charge in [-0.1, -0.05) is 17.7 Å². The maximum atomic E-state index is 12.9. The molecule has 6 nitrogen and oxygen atoms in total. The standard InChI is InChI=1S/C18H21N3O3/c1-12-4-6-13(7-5-12)19-11-8-14(15(19)22)21-16(23)18(2)9-3-10-20(18)17(21)24/h4-7,14H,3,8-11H2,1-2H3/t14-,18+/m1/s1. The minimum atomic E-state index is -0.755. The van der Waals surface area contributed by atoms with E-state index < -0.39 is 11.6 Å². The van der Waals surface area contributed by atoms with Crippen LogP contribution in [0, 0.1) is 6.92 Å². The number of rotatable bonds is 2. The highest BCUT2D eigenvalue weighted by Gasteiger charge is 2.59. The molecule has 3 heterocycles. The second-order valence-electron chi connectivity index (χ2n) is 7.12. The number of benzene rings is 1. The molecule has 3 aliphatic heterocycles. The van der Waals surface area contributed by atoms with Gasteiger partial charge in [0.1, 0.15) is 11.6 Å². The van der Waals surface area contributed by atoms with Crippen molar-refractivity contribution in [3.05, 3.63) is 29.8 Å². The van der Waals surface area contributed by atoms with E-state index in [4.69, 9.17) is 0 Å². The Hall–Kier alpha value is -2.37. The van der Waals surface area contributed by atoms with Crippen molar-refractivity contribution in [1.82, 2.24) is 9.80 Å². The van der Waals surface area contributed by atoms with E-state index >= 15 is 0 Å². The topological polar surface area (TPSA) is 60.9 Å². The van der Waals surface area contributed by atoms with Crippen molar-refractivity contribution < 1.29 is 14.4 Å². The number of anilines is 1. The molecule has 3 aliphatic rings. The van der Waals surface area contributed by atoms with Crippen LogP contribution in [0.2, 0.25) is 0 Å². The first-order valence-corrected chi connectivity index (χ1v) is 8.47. The van der Waals surface area contributed by atoms with Gasteiger partial charge in [-0.3, -0.25) is 9.59 Å². The number of aryl methyl sites for hydroxylation is 1. The number of amides is 4. The van der Waals surface area contributed by atoms with Gasteiger partial charge in [-0.25, -0.2) is 9.69 Å². The maximum absolute atomic E-state index is 12.9. The van der Waals surface area contributed by atoms with Gasteiger partial charge in [0, 0.05) is 18.8 Å². The number of carbonyl (C=O) groups is 3. The zero-order chi connectivity index (χ0) is 17.1. The number of carbonyl (C=O) groups excluding carboxylic acids is 3. The number of urea groups is 1. The van der Waals surface area contributed by atoms with Crippen LogP contribution < -0.4 is 4.90 Å². The first kappa shape index (κ1) is 15.2. The fourth-order valence-corrected chi connectivity index (χ4v) is 4.13. The van der Waals surface area contributed by atoms with Crippen molar-refractivity contribution in [2.75, 3.05) is 18.0 Å². The van der Waals surface area contributed by atoms with Crippen LogP contribution in [0.15, 0.2) is 24.3 Å². The van der Waals surface area contributed by atoms with Crippen molar-refractivity contribution in [1.29, 1.82) is 0 Å². The van der Waals surface area contributed by atoms with Gasteiger partial charge < -0.3 is 9.80 Å². The molecular formula is C18H21N3O3. The van der Waals surface area contributed by atoms with E-state index in [1.54, 1.807) is 9.80 Å². The van der Waals surface area contributed by atoms with Gasteiger partial charge in [-0.15, -0.1) is 0 Å². The van der Waals surface area contributed by atoms with E-state index in [0.717, 1.165) is 17.7 Å². The summed E-state index contributed by atoms with van der Waals surface area (Å²) in [6.45, 7) is 4.94. The Morgan fingerprint density at radius 1 is 1.08 bits per heavy atom. The Bertz CT molecular complexity index is 730. The summed E-state index contributed by atoms with van der Waals surface area (Å²) < 4.78 is 0. The molecule has 0 N–H and O–H groups in total. The summed E-state index contributed by atoms with van der Waals surface area (Å²) in [4.78, 5) is 42.9. The maximum Gasteiger partial charge on any atom is 0.328 e. The Kier molecular flexibility index (Phi) is 3.20. The van der Waals surface area contributed by atoms with Gasteiger partial charge in [0.25, 0.3) is 5.91 Å². The molecule has 0 bridgehead atoms. The lowest BCUT2D eigenvalue weighted by Gasteiger charge is -2.23. The molecule has 4 amide bonds. The zero-order valence-electron chi connectivity index (χ0n) is 14.0. The van der Waals surface area contributed by atoms with Crippen LogP contribution in [0.1, 0.15) is 31.7 Å². The van der Waals surface area contributed by atoms with Crippen LogP contribution in [0.4, 0.5) is 10.5 Å². The van der Waals surface area contributed by atoms with Crippen molar-refractivity contribution >= 4 is 23.5 Å². The fraction of sp³-hybridized carbons (Fsp3) is 0.500. The van der Waals surface area contributed by atoms with Gasteiger partial charge in [0.15, 0.2) is 0 Å². The minimum absolute atomic E-state index is 0.162. The molecule has 0 radical (unpaired) electrons. The van der Waals surface area contributed by atoms with Crippen LogP contribution in [-0.4, -0.2) is 52.3 Å². The normalized spacial score (nSPS) is 29.8. The highest BCUT2D eigenvalue weighted by Crippen LogP contribution is 2.39. The molecule has 0 saturated carbocycles. The van der Waals surface area contributed by atoms with Crippen LogP contribution >= 0.6 is 0 Å². The molecule has 6 heteroatoms. The summed E-state index contributed by atoms with van der Waals surface area (Å²) in [5.74, 6) is -0.376. The lowest BCUT2D eigenvalue weighted by Crippen LogP contribution is -2.47. The molecule has 2 atom stereocenters. The predicted octanol–water partition coefficient (Wildman–Crippen LogP) is 1.92. The SMILES string of the molecule is Cc1ccc(N2CC[C@@H](N3C(=O)N4CCC[C@@]4(C)C3=O)C2=O)cc1. The van der Waals surface area contributed by atoms with Crippen molar-refractivity contribution in [2.45, 2.75) is 44.7 Å². The Morgan fingerprint density at radius 3 is 2.46 bits per heavy atom. The number of nitrogens with zero attached hydrogens (tertiary/aromatic N) is 3. The highest BCUT2D eigenvalue weighted by molar-refractivity contribution is 6.12.